The molecule has 0 radical (unpaired) electrons. The number of carbonyl (C=O) groups is 1. The van der Waals surface area contributed by atoms with Crippen LogP contribution in [-0.2, 0) is 27.2 Å². The summed E-state index contributed by atoms with van der Waals surface area (Å²) in [5, 5.41) is 1.09. The fourth-order valence-electron chi connectivity index (χ4n) is 3.02. The number of aryl methyl sites for hydroxylation is 1. The molecule has 1 unspecified atom stereocenters. The van der Waals surface area contributed by atoms with Gasteiger partial charge in [-0.05, 0) is 31.9 Å². The van der Waals surface area contributed by atoms with Gasteiger partial charge in [0.15, 0.2) is 5.79 Å². The number of hydrogen-bond donors (Lipinski definition) is 1. The summed E-state index contributed by atoms with van der Waals surface area (Å²) in [5.41, 5.74) is 7.44. The highest BCUT2D eigenvalue weighted by Gasteiger charge is 2.32. The Morgan fingerprint density at radius 2 is 2.18 bits per heavy atom. The largest absolute Gasteiger partial charge is 0.369 e. The van der Waals surface area contributed by atoms with Crippen LogP contribution in [0.5, 0.6) is 0 Å². The van der Waals surface area contributed by atoms with Gasteiger partial charge in [0, 0.05) is 23.6 Å². The zero-order chi connectivity index (χ0) is 15.7. The first kappa shape index (κ1) is 15.1. The Kier molecular flexibility index (Phi) is 3.93. The van der Waals surface area contributed by atoms with Crippen LogP contribution in [0.3, 0.4) is 0 Å². The maximum Gasteiger partial charge on any atom is 0.221 e. The molecule has 5 nitrogen and oxygen atoms in total. The number of aromatic nitrogens is 1. The first-order valence-electron chi connectivity index (χ1n) is 7.61. The van der Waals surface area contributed by atoms with Gasteiger partial charge in [-0.1, -0.05) is 18.2 Å². The van der Waals surface area contributed by atoms with E-state index >= 15 is 0 Å². The first-order chi connectivity index (χ1) is 10.4. The second-order valence-corrected chi connectivity index (χ2v) is 6.25. The monoisotopic (exact) mass is 302 g/mol. The Morgan fingerprint density at radius 3 is 2.86 bits per heavy atom. The van der Waals surface area contributed by atoms with Gasteiger partial charge in [-0.3, -0.25) is 4.79 Å². The van der Waals surface area contributed by atoms with Gasteiger partial charge in [0.1, 0.15) is 0 Å². The van der Waals surface area contributed by atoms with Crippen LogP contribution in [-0.4, -0.2) is 29.0 Å². The molecule has 1 aliphatic rings. The molecule has 5 heteroatoms. The lowest BCUT2D eigenvalue weighted by Crippen LogP contribution is -2.22. The molecule has 2 aromatic rings. The highest BCUT2D eigenvalue weighted by atomic mass is 16.7. The van der Waals surface area contributed by atoms with E-state index in [0.717, 1.165) is 29.4 Å². The molecule has 0 aliphatic carbocycles. The Hall–Kier alpha value is -1.85. The van der Waals surface area contributed by atoms with Crippen molar-refractivity contribution in [3.8, 4) is 0 Å². The summed E-state index contributed by atoms with van der Waals surface area (Å²) >= 11 is 0. The molecule has 1 fully saturated rings. The maximum atomic E-state index is 11.2. The standard InChI is InChI=1S/C17H22N2O3/c1-17(2)21-11-13(22-17)7-8-19-10-12(9-16(18)20)14-5-3-4-6-15(14)19/h3-6,10,13H,7-9,11H2,1-2H3,(H2,18,20). The third-order valence-electron chi connectivity index (χ3n) is 4.00. The number of nitrogens with two attached hydrogens (primary N) is 1. The number of para-hydroxylation sites is 1. The molecule has 118 valence electrons. The molecular formula is C17H22N2O3. The minimum atomic E-state index is -0.486. The Bertz CT molecular complexity index is 690. The van der Waals surface area contributed by atoms with Gasteiger partial charge in [-0.2, -0.15) is 0 Å². The van der Waals surface area contributed by atoms with E-state index < -0.39 is 5.79 Å². The molecule has 0 saturated carbocycles. The number of amides is 1. The van der Waals surface area contributed by atoms with Crippen molar-refractivity contribution in [2.24, 2.45) is 5.73 Å². The van der Waals surface area contributed by atoms with Gasteiger partial charge < -0.3 is 19.8 Å². The lowest BCUT2D eigenvalue weighted by molar-refractivity contribution is -0.139. The molecule has 0 spiro atoms. The van der Waals surface area contributed by atoms with E-state index in [0.29, 0.717) is 6.61 Å². The van der Waals surface area contributed by atoms with Gasteiger partial charge in [0.25, 0.3) is 0 Å². The third-order valence-corrected chi connectivity index (χ3v) is 4.00. The van der Waals surface area contributed by atoms with Crippen molar-refractivity contribution in [3.63, 3.8) is 0 Å². The molecule has 1 atom stereocenters. The minimum absolute atomic E-state index is 0.107. The van der Waals surface area contributed by atoms with E-state index in [4.69, 9.17) is 15.2 Å². The second kappa shape index (κ2) is 5.74. The summed E-state index contributed by atoms with van der Waals surface area (Å²) in [5.74, 6) is -0.794. The summed E-state index contributed by atoms with van der Waals surface area (Å²) in [4.78, 5) is 11.2. The van der Waals surface area contributed by atoms with Crippen molar-refractivity contribution in [2.45, 2.75) is 45.1 Å². The van der Waals surface area contributed by atoms with Crippen LogP contribution in [0, 0.1) is 0 Å². The number of primary amides is 1. The Morgan fingerprint density at radius 1 is 1.41 bits per heavy atom. The van der Waals surface area contributed by atoms with Crippen LogP contribution >= 0.6 is 0 Å². The number of fused-ring (bicyclic) bond motifs is 1. The average molecular weight is 302 g/mol. The summed E-state index contributed by atoms with van der Waals surface area (Å²) in [7, 11) is 0. The van der Waals surface area contributed by atoms with Gasteiger partial charge in [-0.15, -0.1) is 0 Å². The number of nitrogens with zero attached hydrogens (tertiary/aromatic N) is 1. The van der Waals surface area contributed by atoms with E-state index in [9.17, 15) is 4.79 Å². The van der Waals surface area contributed by atoms with Gasteiger partial charge in [-0.25, -0.2) is 0 Å². The van der Waals surface area contributed by atoms with Crippen LogP contribution in [0.25, 0.3) is 10.9 Å². The zero-order valence-corrected chi connectivity index (χ0v) is 13.0. The normalized spacial score (nSPS) is 20.5. The van der Waals surface area contributed by atoms with Gasteiger partial charge >= 0.3 is 0 Å². The number of hydrogen-bond acceptors (Lipinski definition) is 3. The Labute approximate surface area is 130 Å². The van der Waals surface area contributed by atoms with Crippen LogP contribution in [0.4, 0.5) is 0 Å². The molecule has 0 bridgehead atoms. The van der Waals surface area contributed by atoms with Crippen LogP contribution < -0.4 is 5.73 Å². The number of carbonyl (C=O) groups excluding carboxylic acids is 1. The van der Waals surface area contributed by atoms with Gasteiger partial charge in [0.05, 0.1) is 19.1 Å². The smallest absolute Gasteiger partial charge is 0.221 e. The zero-order valence-electron chi connectivity index (χ0n) is 13.0. The fourth-order valence-corrected chi connectivity index (χ4v) is 3.02. The van der Waals surface area contributed by atoms with Gasteiger partial charge in [0.2, 0.25) is 5.91 Å². The van der Waals surface area contributed by atoms with Crippen LogP contribution in [0.15, 0.2) is 30.5 Å². The molecule has 1 amide bonds. The number of benzene rings is 1. The third kappa shape index (κ3) is 3.15. The Balaban J connectivity index is 1.77. The van der Waals surface area contributed by atoms with Crippen molar-refractivity contribution in [2.75, 3.05) is 6.61 Å². The fraction of sp³-hybridized carbons (Fsp3) is 0.471. The first-order valence-corrected chi connectivity index (χ1v) is 7.61. The minimum Gasteiger partial charge on any atom is -0.369 e. The van der Waals surface area contributed by atoms with Crippen molar-refractivity contribution >= 4 is 16.8 Å². The maximum absolute atomic E-state index is 11.2. The average Bonchev–Trinajstić information content (AvgIpc) is 2.97. The lowest BCUT2D eigenvalue weighted by atomic mass is 10.1. The van der Waals surface area contributed by atoms with E-state index in [2.05, 4.69) is 10.6 Å². The molecule has 1 aromatic carbocycles. The lowest BCUT2D eigenvalue weighted by Gasteiger charge is -2.17. The molecular weight excluding hydrogens is 280 g/mol. The molecule has 1 saturated heterocycles. The number of ether oxygens (including phenoxy) is 2. The molecule has 2 N–H and O–H groups in total. The second-order valence-electron chi connectivity index (χ2n) is 6.25. The van der Waals surface area contributed by atoms with E-state index in [1.54, 1.807) is 0 Å². The predicted octanol–water partition coefficient (Wildman–Crippen LogP) is 2.21. The SMILES string of the molecule is CC1(C)OCC(CCn2cc(CC(N)=O)c3ccccc32)O1. The summed E-state index contributed by atoms with van der Waals surface area (Å²) in [6.45, 7) is 5.32. The van der Waals surface area contributed by atoms with Crippen molar-refractivity contribution in [3.05, 3.63) is 36.0 Å². The molecule has 2 heterocycles. The van der Waals surface area contributed by atoms with E-state index in [1.165, 1.54) is 0 Å². The van der Waals surface area contributed by atoms with Crippen molar-refractivity contribution in [1.29, 1.82) is 0 Å². The van der Waals surface area contributed by atoms with Crippen LogP contribution in [0.1, 0.15) is 25.8 Å². The molecule has 1 aromatic heterocycles. The highest BCUT2D eigenvalue weighted by Crippen LogP contribution is 2.26. The van der Waals surface area contributed by atoms with Crippen molar-refractivity contribution < 1.29 is 14.3 Å². The predicted molar refractivity (Wildman–Crippen MR) is 84.4 cm³/mol. The summed E-state index contributed by atoms with van der Waals surface area (Å²) in [6, 6.07) is 8.08. The van der Waals surface area contributed by atoms with Crippen molar-refractivity contribution in [1.82, 2.24) is 4.57 Å². The van der Waals surface area contributed by atoms with E-state index in [-0.39, 0.29) is 18.4 Å². The summed E-state index contributed by atoms with van der Waals surface area (Å²) < 4.78 is 13.6. The van der Waals surface area contributed by atoms with Crippen LogP contribution in [0.2, 0.25) is 0 Å². The van der Waals surface area contributed by atoms with E-state index in [1.807, 2.05) is 38.2 Å². The summed E-state index contributed by atoms with van der Waals surface area (Å²) in [6.07, 6.45) is 3.27. The highest BCUT2D eigenvalue weighted by molar-refractivity contribution is 5.88. The molecule has 1 aliphatic heterocycles. The molecule has 22 heavy (non-hydrogen) atoms. The quantitative estimate of drug-likeness (QED) is 0.921. The molecule has 3 rings (SSSR count). The topological polar surface area (TPSA) is 66.5 Å². The number of rotatable bonds is 5.